The fourth-order valence-electron chi connectivity index (χ4n) is 2.42. The van der Waals surface area contributed by atoms with Gasteiger partial charge in [0.1, 0.15) is 0 Å². The number of carbonyl (C=O) groups excluding carboxylic acids is 2. The Bertz CT molecular complexity index is 532. The van der Waals surface area contributed by atoms with Crippen LogP contribution in [0, 0.1) is 0 Å². The number of nitrogens with one attached hydrogen (secondary N) is 2. The van der Waals surface area contributed by atoms with E-state index in [-0.39, 0.29) is 17.9 Å². The van der Waals surface area contributed by atoms with Gasteiger partial charge >= 0.3 is 0 Å². The molecule has 2 rings (SSSR count). The molecule has 0 saturated carbocycles. The zero-order valence-corrected chi connectivity index (χ0v) is 13.2. The van der Waals surface area contributed by atoms with E-state index in [1.807, 2.05) is 12.1 Å². The Morgan fingerprint density at radius 1 is 1.36 bits per heavy atom. The van der Waals surface area contributed by atoms with Gasteiger partial charge in [0, 0.05) is 24.6 Å². The molecule has 0 unspecified atom stereocenters. The van der Waals surface area contributed by atoms with Crippen LogP contribution in [0.25, 0.3) is 0 Å². The average molecular weight is 304 g/mol. The Kier molecular flexibility index (Phi) is 5.19. The molecule has 0 bridgehead atoms. The van der Waals surface area contributed by atoms with Crippen LogP contribution in [0.4, 0.5) is 0 Å². The van der Waals surface area contributed by atoms with Crippen molar-refractivity contribution in [1.29, 1.82) is 0 Å². The number of hydrogen-bond acceptors (Lipinski definition) is 3. The molecule has 0 radical (unpaired) electrons. The molecular weight excluding hydrogens is 280 g/mol. The van der Waals surface area contributed by atoms with Crippen molar-refractivity contribution in [2.75, 3.05) is 6.54 Å². The lowest BCUT2D eigenvalue weighted by atomic mass is 9.98. The second-order valence-corrected chi connectivity index (χ2v) is 6.52. The third-order valence-electron chi connectivity index (χ3n) is 3.84. The summed E-state index contributed by atoms with van der Waals surface area (Å²) in [7, 11) is 0. The highest BCUT2D eigenvalue weighted by molar-refractivity contribution is 5.94. The van der Waals surface area contributed by atoms with Crippen LogP contribution >= 0.6 is 0 Å². The maximum absolute atomic E-state index is 12.0. The molecule has 1 aromatic rings. The minimum atomic E-state index is -0.679. The molecule has 0 aliphatic carbocycles. The van der Waals surface area contributed by atoms with Crippen LogP contribution < -0.4 is 10.6 Å². The van der Waals surface area contributed by atoms with Crippen LogP contribution in [0.5, 0.6) is 0 Å². The van der Waals surface area contributed by atoms with Crippen LogP contribution in [0.15, 0.2) is 24.3 Å². The second kappa shape index (κ2) is 6.92. The van der Waals surface area contributed by atoms with E-state index in [9.17, 15) is 14.7 Å². The van der Waals surface area contributed by atoms with E-state index in [0.717, 1.165) is 18.4 Å². The van der Waals surface area contributed by atoms with Crippen LogP contribution in [-0.2, 0) is 11.2 Å². The highest BCUT2D eigenvalue weighted by Crippen LogP contribution is 2.14. The summed E-state index contributed by atoms with van der Waals surface area (Å²) in [5, 5.41) is 15.4. The molecule has 3 N–H and O–H groups in total. The van der Waals surface area contributed by atoms with Gasteiger partial charge in [-0.25, -0.2) is 0 Å². The van der Waals surface area contributed by atoms with Gasteiger partial charge in [-0.15, -0.1) is 0 Å². The molecule has 5 heteroatoms. The SMILES string of the molecule is CC(C)(O)CCc1ccc(C(=O)NC[C@H]2CCC(=O)N2)cc1. The molecule has 0 aromatic heterocycles. The monoisotopic (exact) mass is 304 g/mol. The molecule has 2 amide bonds. The molecule has 1 aliphatic heterocycles. The van der Waals surface area contributed by atoms with E-state index in [2.05, 4.69) is 10.6 Å². The number of aryl methyl sites for hydroxylation is 1. The highest BCUT2D eigenvalue weighted by atomic mass is 16.3. The topological polar surface area (TPSA) is 78.4 Å². The number of amides is 2. The third-order valence-corrected chi connectivity index (χ3v) is 3.84. The Morgan fingerprint density at radius 3 is 2.59 bits per heavy atom. The number of rotatable bonds is 6. The van der Waals surface area contributed by atoms with Gasteiger partial charge in [0.05, 0.1) is 5.60 Å². The van der Waals surface area contributed by atoms with Gasteiger partial charge in [-0.3, -0.25) is 9.59 Å². The summed E-state index contributed by atoms with van der Waals surface area (Å²) >= 11 is 0. The first kappa shape index (κ1) is 16.5. The lowest BCUT2D eigenvalue weighted by molar-refractivity contribution is -0.119. The molecule has 5 nitrogen and oxygen atoms in total. The van der Waals surface area contributed by atoms with Gasteiger partial charge in [0.2, 0.25) is 5.91 Å². The molecule has 22 heavy (non-hydrogen) atoms. The fourth-order valence-corrected chi connectivity index (χ4v) is 2.42. The van der Waals surface area contributed by atoms with E-state index in [4.69, 9.17) is 0 Å². The van der Waals surface area contributed by atoms with Crippen molar-refractivity contribution in [3.05, 3.63) is 35.4 Å². The van der Waals surface area contributed by atoms with Crippen LogP contribution in [0.2, 0.25) is 0 Å². The summed E-state index contributed by atoms with van der Waals surface area (Å²) < 4.78 is 0. The van der Waals surface area contributed by atoms with E-state index >= 15 is 0 Å². The Labute approximate surface area is 131 Å². The van der Waals surface area contributed by atoms with Gasteiger partial charge in [-0.05, 0) is 50.8 Å². The Morgan fingerprint density at radius 2 is 2.05 bits per heavy atom. The lowest BCUT2D eigenvalue weighted by Crippen LogP contribution is -2.38. The van der Waals surface area contributed by atoms with Gasteiger partial charge in [0.25, 0.3) is 5.91 Å². The molecular formula is C17H24N2O3. The van der Waals surface area contributed by atoms with E-state index in [1.54, 1.807) is 26.0 Å². The fraction of sp³-hybridized carbons (Fsp3) is 0.529. The molecule has 1 aliphatic rings. The first-order valence-electron chi connectivity index (χ1n) is 7.72. The highest BCUT2D eigenvalue weighted by Gasteiger charge is 2.21. The molecule has 1 atom stereocenters. The van der Waals surface area contributed by atoms with Crippen molar-refractivity contribution in [1.82, 2.24) is 10.6 Å². The average Bonchev–Trinajstić information content (AvgIpc) is 2.88. The maximum atomic E-state index is 12.0. The Hall–Kier alpha value is -1.88. The number of aliphatic hydroxyl groups is 1. The van der Waals surface area contributed by atoms with E-state index < -0.39 is 5.60 Å². The largest absolute Gasteiger partial charge is 0.390 e. The van der Waals surface area contributed by atoms with Gasteiger partial charge < -0.3 is 15.7 Å². The van der Waals surface area contributed by atoms with Crippen molar-refractivity contribution >= 4 is 11.8 Å². The number of hydrogen-bond donors (Lipinski definition) is 3. The zero-order valence-electron chi connectivity index (χ0n) is 13.2. The first-order chi connectivity index (χ1) is 10.3. The smallest absolute Gasteiger partial charge is 0.251 e. The normalized spacial score (nSPS) is 18.1. The molecule has 120 valence electrons. The van der Waals surface area contributed by atoms with Gasteiger partial charge in [0.15, 0.2) is 0 Å². The number of carbonyl (C=O) groups is 2. The summed E-state index contributed by atoms with van der Waals surface area (Å²) in [6.07, 6.45) is 2.77. The quantitative estimate of drug-likeness (QED) is 0.743. The van der Waals surface area contributed by atoms with Crippen molar-refractivity contribution in [3.63, 3.8) is 0 Å². The molecule has 1 heterocycles. The molecule has 1 fully saturated rings. The standard InChI is InChI=1S/C17H24N2O3/c1-17(2,22)10-9-12-3-5-13(6-4-12)16(21)18-11-14-7-8-15(20)19-14/h3-6,14,22H,7-11H2,1-2H3,(H,18,21)(H,19,20)/t14-/m1/s1. The van der Waals surface area contributed by atoms with Crippen LogP contribution in [0.3, 0.4) is 0 Å². The molecule has 1 aromatic carbocycles. The van der Waals surface area contributed by atoms with Crippen LogP contribution in [0.1, 0.15) is 49.0 Å². The zero-order chi connectivity index (χ0) is 16.2. The molecule has 0 spiro atoms. The number of benzene rings is 1. The molecule has 1 saturated heterocycles. The lowest BCUT2D eigenvalue weighted by Gasteiger charge is -2.16. The second-order valence-electron chi connectivity index (χ2n) is 6.52. The third kappa shape index (κ3) is 5.15. The minimum absolute atomic E-state index is 0.0440. The maximum Gasteiger partial charge on any atom is 0.251 e. The minimum Gasteiger partial charge on any atom is -0.390 e. The summed E-state index contributed by atoms with van der Waals surface area (Å²) in [6, 6.07) is 7.46. The first-order valence-corrected chi connectivity index (χ1v) is 7.72. The van der Waals surface area contributed by atoms with Crippen LogP contribution in [-0.4, -0.2) is 35.1 Å². The predicted octanol–water partition coefficient (Wildman–Crippen LogP) is 1.40. The van der Waals surface area contributed by atoms with E-state index in [1.165, 1.54) is 0 Å². The Balaban J connectivity index is 1.81. The van der Waals surface area contributed by atoms with Gasteiger partial charge in [-0.2, -0.15) is 0 Å². The van der Waals surface area contributed by atoms with Crippen molar-refractivity contribution < 1.29 is 14.7 Å². The van der Waals surface area contributed by atoms with Crippen molar-refractivity contribution in [3.8, 4) is 0 Å². The summed E-state index contributed by atoms with van der Waals surface area (Å²) in [5.41, 5.74) is 1.03. The summed E-state index contributed by atoms with van der Waals surface area (Å²) in [4.78, 5) is 23.1. The van der Waals surface area contributed by atoms with Crippen molar-refractivity contribution in [2.45, 2.75) is 51.2 Å². The summed E-state index contributed by atoms with van der Waals surface area (Å²) in [5.74, 6) is -0.0782. The van der Waals surface area contributed by atoms with Gasteiger partial charge in [-0.1, -0.05) is 12.1 Å². The predicted molar refractivity (Wildman–Crippen MR) is 84.6 cm³/mol. The van der Waals surface area contributed by atoms with Crippen molar-refractivity contribution in [2.24, 2.45) is 0 Å². The summed E-state index contributed by atoms with van der Waals surface area (Å²) in [6.45, 7) is 4.04. The van der Waals surface area contributed by atoms with E-state index in [0.29, 0.717) is 24.9 Å².